The van der Waals surface area contributed by atoms with Crippen LogP contribution in [0.15, 0.2) is 51.5 Å². The van der Waals surface area contributed by atoms with Crippen LogP contribution in [0, 0.1) is 6.92 Å². The molecule has 0 saturated heterocycles. The molecule has 2 heterocycles. The Kier molecular flexibility index (Phi) is 5.10. The second kappa shape index (κ2) is 8.01. The number of methoxy groups -OCH3 is 2. The molecule has 2 aromatic heterocycles. The predicted octanol–water partition coefficient (Wildman–Crippen LogP) is 3.69. The molecule has 0 aliphatic rings. The highest BCUT2D eigenvalue weighted by Crippen LogP contribution is 2.31. The Bertz CT molecular complexity index is 1100. The average Bonchev–Trinajstić information content (AvgIpc) is 3.41. The van der Waals surface area contributed by atoms with Crippen LogP contribution in [0.5, 0.6) is 17.2 Å². The van der Waals surface area contributed by atoms with Crippen LogP contribution in [0.3, 0.4) is 0 Å². The molecule has 0 aliphatic carbocycles. The van der Waals surface area contributed by atoms with Crippen LogP contribution in [0.4, 0.5) is 0 Å². The van der Waals surface area contributed by atoms with Crippen molar-refractivity contribution in [3.63, 3.8) is 0 Å². The second-order valence-corrected chi connectivity index (χ2v) is 6.03. The van der Waals surface area contributed by atoms with Crippen LogP contribution in [-0.2, 0) is 6.61 Å². The maximum atomic E-state index is 5.72. The number of hydrogen-bond donors (Lipinski definition) is 0. The molecule has 0 N–H and O–H groups in total. The lowest BCUT2D eigenvalue weighted by Gasteiger charge is -2.07. The fraction of sp³-hybridized carbons (Fsp3) is 0.200. The lowest BCUT2D eigenvalue weighted by molar-refractivity contribution is 0.243. The molecule has 0 bridgehead atoms. The monoisotopic (exact) mass is 394 g/mol. The number of rotatable bonds is 7. The number of nitrogens with zero attached hydrogens (tertiary/aromatic N) is 4. The van der Waals surface area contributed by atoms with Crippen LogP contribution < -0.4 is 14.2 Å². The lowest BCUT2D eigenvalue weighted by atomic mass is 10.2. The minimum atomic E-state index is 0.131. The van der Waals surface area contributed by atoms with Crippen LogP contribution in [-0.4, -0.2) is 34.5 Å². The highest BCUT2D eigenvalue weighted by Gasteiger charge is 2.15. The summed E-state index contributed by atoms with van der Waals surface area (Å²) in [4.78, 5) is 8.56. The Morgan fingerprint density at radius 2 is 1.59 bits per heavy atom. The molecule has 0 amide bonds. The molecule has 0 atom stereocenters. The molecule has 148 valence electrons. The maximum absolute atomic E-state index is 5.72. The Morgan fingerprint density at radius 3 is 2.28 bits per heavy atom. The SMILES string of the molecule is COc1ccc(-c2noc(COc3ccc(-c4noc(C)n4)cc3)n2)c(OC)c1. The van der Waals surface area contributed by atoms with E-state index in [9.17, 15) is 0 Å². The average molecular weight is 394 g/mol. The Balaban J connectivity index is 1.43. The summed E-state index contributed by atoms with van der Waals surface area (Å²) in [5.41, 5.74) is 1.53. The van der Waals surface area contributed by atoms with Crippen LogP contribution in [0.25, 0.3) is 22.8 Å². The van der Waals surface area contributed by atoms with E-state index in [-0.39, 0.29) is 6.61 Å². The number of aromatic nitrogens is 4. The summed E-state index contributed by atoms with van der Waals surface area (Å²) in [6, 6.07) is 12.7. The normalized spacial score (nSPS) is 10.7. The molecular weight excluding hydrogens is 376 g/mol. The van der Waals surface area contributed by atoms with Gasteiger partial charge in [-0.25, -0.2) is 0 Å². The summed E-state index contributed by atoms with van der Waals surface area (Å²) in [5, 5.41) is 7.89. The molecule has 29 heavy (non-hydrogen) atoms. The van der Waals surface area contributed by atoms with Crippen LogP contribution in [0.1, 0.15) is 11.8 Å². The van der Waals surface area contributed by atoms with Crippen molar-refractivity contribution >= 4 is 0 Å². The van der Waals surface area contributed by atoms with E-state index in [0.29, 0.717) is 46.2 Å². The minimum absolute atomic E-state index is 0.131. The standard InChI is InChI=1S/C20H18N4O5/c1-12-21-19(23-28-12)13-4-6-14(7-5-13)27-11-18-22-20(24-29-18)16-9-8-15(25-2)10-17(16)26-3/h4-10H,11H2,1-3H3. The molecule has 0 aliphatic heterocycles. The van der Waals surface area contributed by atoms with E-state index in [1.54, 1.807) is 33.3 Å². The molecular formula is C20H18N4O5. The number of ether oxygens (including phenoxy) is 3. The van der Waals surface area contributed by atoms with Crippen LogP contribution in [0.2, 0.25) is 0 Å². The van der Waals surface area contributed by atoms with Crippen molar-refractivity contribution < 1.29 is 23.3 Å². The molecule has 0 fully saturated rings. The molecule has 2 aromatic carbocycles. The van der Waals surface area contributed by atoms with E-state index in [4.69, 9.17) is 23.3 Å². The van der Waals surface area contributed by atoms with Crippen molar-refractivity contribution in [1.82, 2.24) is 20.3 Å². The zero-order valence-corrected chi connectivity index (χ0v) is 16.1. The van der Waals surface area contributed by atoms with Gasteiger partial charge in [-0.3, -0.25) is 0 Å². The molecule has 0 unspecified atom stereocenters. The van der Waals surface area contributed by atoms with E-state index in [1.165, 1.54) is 0 Å². The van der Waals surface area contributed by atoms with Gasteiger partial charge in [0.15, 0.2) is 6.61 Å². The lowest BCUT2D eigenvalue weighted by Crippen LogP contribution is -1.96. The fourth-order valence-corrected chi connectivity index (χ4v) is 2.67. The summed E-state index contributed by atoms with van der Waals surface area (Å²) >= 11 is 0. The van der Waals surface area contributed by atoms with E-state index >= 15 is 0 Å². The molecule has 0 radical (unpaired) electrons. The first-order chi connectivity index (χ1) is 14.2. The third kappa shape index (κ3) is 4.03. The first kappa shape index (κ1) is 18.5. The number of hydrogen-bond acceptors (Lipinski definition) is 9. The van der Waals surface area contributed by atoms with Crippen LogP contribution >= 0.6 is 0 Å². The van der Waals surface area contributed by atoms with Crippen molar-refractivity contribution in [2.75, 3.05) is 14.2 Å². The van der Waals surface area contributed by atoms with Crippen molar-refractivity contribution in [3.8, 4) is 40.0 Å². The summed E-state index contributed by atoms with van der Waals surface area (Å²) in [7, 11) is 3.16. The van der Waals surface area contributed by atoms with Gasteiger partial charge in [-0.2, -0.15) is 9.97 Å². The minimum Gasteiger partial charge on any atom is -0.497 e. The van der Waals surface area contributed by atoms with Gasteiger partial charge < -0.3 is 23.3 Å². The van der Waals surface area contributed by atoms with Gasteiger partial charge in [0.25, 0.3) is 5.89 Å². The quantitative estimate of drug-likeness (QED) is 0.464. The van der Waals surface area contributed by atoms with Gasteiger partial charge in [-0.1, -0.05) is 10.3 Å². The van der Waals surface area contributed by atoms with E-state index in [2.05, 4.69) is 20.3 Å². The Morgan fingerprint density at radius 1 is 0.828 bits per heavy atom. The number of aryl methyl sites for hydroxylation is 1. The molecule has 0 spiro atoms. The van der Waals surface area contributed by atoms with Gasteiger partial charge >= 0.3 is 0 Å². The summed E-state index contributed by atoms with van der Waals surface area (Å²) in [5.74, 6) is 3.71. The highest BCUT2D eigenvalue weighted by molar-refractivity contribution is 5.65. The third-order valence-corrected chi connectivity index (χ3v) is 4.12. The zero-order valence-electron chi connectivity index (χ0n) is 16.1. The predicted molar refractivity (Wildman–Crippen MR) is 102 cm³/mol. The van der Waals surface area contributed by atoms with Crippen molar-refractivity contribution in [3.05, 3.63) is 54.2 Å². The molecule has 4 rings (SSSR count). The highest BCUT2D eigenvalue weighted by atomic mass is 16.5. The van der Waals surface area contributed by atoms with Gasteiger partial charge in [0.05, 0.1) is 19.8 Å². The first-order valence-electron chi connectivity index (χ1n) is 8.75. The number of benzene rings is 2. The summed E-state index contributed by atoms with van der Waals surface area (Å²) in [6.45, 7) is 1.88. The van der Waals surface area contributed by atoms with Crippen molar-refractivity contribution in [2.45, 2.75) is 13.5 Å². The van der Waals surface area contributed by atoms with Gasteiger partial charge in [-0.05, 0) is 36.4 Å². The Hall–Kier alpha value is -3.88. The van der Waals surface area contributed by atoms with Gasteiger partial charge in [0.2, 0.25) is 17.5 Å². The van der Waals surface area contributed by atoms with Crippen molar-refractivity contribution in [2.24, 2.45) is 0 Å². The molecule has 9 heteroatoms. The topological polar surface area (TPSA) is 106 Å². The van der Waals surface area contributed by atoms with Gasteiger partial charge in [0.1, 0.15) is 17.2 Å². The van der Waals surface area contributed by atoms with Crippen molar-refractivity contribution in [1.29, 1.82) is 0 Å². The summed E-state index contributed by atoms with van der Waals surface area (Å²) in [6.07, 6.45) is 0. The van der Waals surface area contributed by atoms with Gasteiger partial charge in [0, 0.05) is 18.6 Å². The summed E-state index contributed by atoms with van der Waals surface area (Å²) < 4.78 is 26.6. The maximum Gasteiger partial charge on any atom is 0.264 e. The second-order valence-electron chi connectivity index (χ2n) is 6.03. The Labute approximate surface area is 166 Å². The first-order valence-corrected chi connectivity index (χ1v) is 8.75. The molecule has 4 aromatic rings. The zero-order chi connectivity index (χ0) is 20.2. The third-order valence-electron chi connectivity index (χ3n) is 4.12. The molecule has 9 nitrogen and oxygen atoms in total. The van der Waals surface area contributed by atoms with E-state index < -0.39 is 0 Å². The molecule has 0 saturated carbocycles. The van der Waals surface area contributed by atoms with Gasteiger partial charge in [-0.15, -0.1) is 0 Å². The smallest absolute Gasteiger partial charge is 0.264 e. The largest absolute Gasteiger partial charge is 0.497 e. The van der Waals surface area contributed by atoms with E-state index in [0.717, 1.165) is 5.56 Å². The van der Waals surface area contributed by atoms with E-state index in [1.807, 2.05) is 30.3 Å². The fourth-order valence-electron chi connectivity index (χ4n) is 2.67.